The highest BCUT2D eigenvalue weighted by Gasteiger charge is 2.10. The summed E-state index contributed by atoms with van der Waals surface area (Å²) in [6, 6.07) is 10.5. The molecule has 0 saturated heterocycles. The first-order valence-corrected chi connectivity index (χ1v) is 10.3. The van der Waals surface area contributed by atoms with Crippen LogP contribution in [0.15, 0.2) is 39.8 Å². The first kappa shape index (κ1) is 24.6. The number of nitrogens with zero attached hydrogens (tertiary/aromatic N) is 1. The highest BCUT2D eigenvalue weighted by atomic mass is 79.9. The quantitative estimate of drug-likeness (QED) is 0.358. The number of aliphatic imine (C=N–C) groups is 1. The second-order valence-electron chi connectivity index (χ2n) is 5.15. The van der Waals surface area contributed by atoms with Crippen molar-refractivity contribution in [3.63, 3.8) is 0 Å². The molecule has 0 spiro atoms. The molecule has 0 bridgehead atoms. The Labute approximate surface area is 167 Å². The number of hydrogen-bond donors (Lipinski definition) is 0. The Balaban J connectivity index is 0.00000146. The second-order valence-corrected chi connectivity index (χ2v) is 6.06. The highest BCUT2D eigenvalue weighted by molar-refractivity contribution is 9.10. The molecular formula is C22H34BrNO2. The van der Waals surface area contributed by atoms with Gasteiger partial charge in [0.2, 0.25) is 0 Å². The Morgan fingerprint density at radius 2 is 1.69 bits per heavy atom. The van der Waals surface area contributed by atoms with Crippen LogP contribution in [-0.4, -0.2) is 32.6 Å². The van der Waals surface area contributed by atoms with Crippen LogP contribution in [0.1, 0.15) is 53.5 Å². The average molecular weight is 424 g/mol. The van der Waals surface area contributed by atoms with E-state index in [4.69, 9.17) is 9.47 Å². The van der Waals surface area contributed by atoms with E-state index in [1.807, 2.05) is 40.7 Å². The Morgan fingerprint density at radius 3 is 2.31 bits per heavy atom. The van der Waals surface area contributed by atoms with Crippen molar-refractivity contribution in [2.75, 3.05) is 26.9 Å². The lowest BCUT2D eigenvalue weighted by Crippen LogP contribution is -2.08. The molecule has 3 nitrogen and oxygen atoms in total. The van der Waals surface area contributed by atoms with Crippen LogP contribution in [-0.2, 0) is 4.74 Å². The van der Waals surface area contributed by atoms with Gasteiger partial charge in [-0.25, -0.2) is 0 Å². The number of fused-ring (bicyclic) bond motifs is 1. The van der Waals surface area contributed by atoms with Crippen LogP contribution in [0, 0.1) is 0 Å². The fraction of sp³-hybridized carbons (Fsp3) is 0.500. The number of benzene rings is 2. The third kappa shape index (κ3) is 7.88. The standard InChI is InChI=1S/C18H22BrNO2.2C2H6/c1-4-7-20-13(2)17-11-15-10-16(19)6-5-14(15)12-18(17)22-9-8-21-3;2*1-2/h5-6,10-12H,4,7-9H2,1-3H3;2*1-2H3. The van der Waals surface area contributed by atoms with Crippen LogP contribution in [0.5, 0.6) is 5.75 Å². The molecule has 0 atom stereocenters. The monoisotopic (exact) mass is 423 g/mol. The maximum atomic E-state index is 5.90. The Kier molecular flexibility index (Phi) is 14.0. The summed E-state index contributed by atoms with van der Waals surface area (Å²) in [6.07, 6.45) is 1.04. The molecule has 0 radical (unpaired) electrons. The van der Waals surface area contributed by atoms with E-state index in [1.165, 1.54) is 5.39 Å². The summed E-state index contributed by atoms with van der Waals surface area (Å²) < 4.78 is 12.0. The molecule has 0 heterocycles. The maximum absolute atomic E-state index is 5.90. The van der Waals surface area contributed by atoms with E-state index in [0.717, 1.165) is 39.8 Å². The van der Waals surface area contributed by atoms with Crippen molar-refractivity contribution in [3.05, 3.63) is 40.4 Å². The van der Waals surface area contributed by atoms with Crippen molar-refractivity contribution in [2.45, 2.75) is 48.0 Å². The third-order valence-electron chi connectivity index (χ3n) is 3.41. The molecule has 2 aromatic rings. The Bertz CT molecular complexity index is 668. The lowest BCUT2D eigenvalue weighted by atomic mass is 10.0. The molecule has 0 unspecified atom stereocenters. The van der Waals surface area contributed by atoms with Crippen LogP contribution in [0.2, 0.25) is 0 Å². The topological polar surface area (TPSA) is 30.8 Å². The number of methoxy groups -OCH3 is 1. The second kappa shape index (κ2) is 14.7. The van der Waals surface area contributed by atoms with Gasteiger partial charge >= 0.3 is 0 Å². The van der Waals surface area contributed by atoms with Crippen molar-refractivity contribution in [3.8, 4) is 5.75 Å². The Hall–Kier alpha value is -1.39. The van der Waals surface area contributed by atoms with Crippen LogP contribution >= 0.6 is 15.9 Å². The fourth-order valence-corrected chi connectivity index (χ4v) is 2.63. The van der Waals surface area contributed by atoms with E-state index in [0.29, 0.717) is 13.2 Å². The summed E-state index contributed by atoms with van der Waals surface area (Å²) in [6.45, 7) is 14.1. The summed E-state index contributed by atoms with van der Waals surface area (Å²) in [7, 11) is 1.68. The predicted octanol–water partition coefficient (Wildman–Crippen LogP) is 6.90. The molecule has 2 aromatic carbocycles. The van der Waals surface area contributed by atoms with Gasteiger partial charge in [0, 0.05) is 29.4 Å². The molecule has 4 heteroatoms. The van der Waals surface area contributed by atoms with Gasteiger partial charge < -0.3 is 9.47 Å². The van der Waals surface area contributed by atoms with Crippen LogP contribution in [0.3, 0.4) is 0 Å². The van der Waals surface area contributed by atoms with Crippen LogP contribution in [0.25, 0.3) is 10.8 Å². The van der Waals surface area contributed by atoms with Gasteiger partial charge in [-0.05, 0) is 48.4 Å². The summed E-state index contributed by atoms with van der Waals surface area (Å²) in [5, 5.41) is 2.33. The number of ether oxygens (including phenoxy) is 2. The Morgan fingerprint density at radius 1 is 1.00 bits per heavy atom. The van der Waals surface area contributed by atoms with Crippen LogP contribution < -0.4 is 4.74 Å². The van der Waals surface area contributed by atoms with Gasteiger partial charge in [-0.15, -0.1) is 0 Å². The molecule has 0 aliphatic heterocycles. The van der Waals surface area contributed by atoms with Gasteiger partial charge in [-0.1, -0.05) is 56.6 Å². The minimum absolute atomic E-state index is 0.534. The maximum Gasteiger partial charge on any atom is 0.129 e. The number of hydrogen-bond acceptors (Lipinski definition) is 3. The van der Waals surface area contributed by atoms with Crippen molar-refractivity contribution < 1.29 is 9.47 Å². The molecule has 0 N–H and O–H groups in total. The first-order chi connectivity index (χ1) is 12.7. The number of halogens is 1. The molecule has 0 amide bonds. The molecule has 0 aliphatic rings. The van der Waals surface area contributed by atoms with Gasteiger partial charge in [-0.3, -0.25) is 4.99 Å². The molecule has 0 saturated carbocycles. The zero-order valence-corrected chi connectivity index (χ0v) is 18.9. The third-order valence-corrected chi connectivity index (χ3v) is 3.90. The van der Waals surface area contributed by atoms with E-state index < -0.39 is 0 Å². The summed E-state index contributed by atoms with van der Waals surface area (Å²) >= 11 is 3.53. The van der Waals surface area contributed by atoms with Gasteiger partial charge in [0.1, 0.15) is 12.4 Å². The zero-order chi connectivity index (χ0) is 19.9. The van der Waals surface area contributed by atoms with E-state index in [9.17, 15) is 0 Å². The minimum atomic E-state index is 0.534. The van der Waals surface area contributed by atoms with Gasteiger partial charge in [0.05, 0.1) is 6.61 Å². The van der Waals surface area contributed by atoms with Crippen molar-refractivity contribution in [1.82, 2.24) is 0 Å². The minimum Gasteiger partial charge on any atom is -0.490 e. The molecular weight excluding hydrogens is 390 g/mol. The highest BCUT2D eigenvalue weighted by Crippen LogP contribution is 2.29. The largest absolute Gasteiger partial charge is 0.490 e. The molecule has 146 valence electrons. The van der Waals surface area contributed by atoms with Gasteiger partial charge in [0.25, 0.3) is 0 Å². The van der Waals surface area contributed by atoms with Gasteiger partial charge in [0.15, 0.2) is 0 Å². The number of rotatable bonds is 7. The normalized spacial score (nSPS) is 10.5. The van der Waals surface area contributed by atoms with E-state index in [1.54, 1.807) is 7.11 Å². The van der Waals surface area contributed by atoms with Crippen molar-refractivity contribution in [2.24, 2.45) is 4.99 Å². The molecule has 2 rings (SSSR count). The zero-order valence-electron chi connectivity index (χ0n) is 17.4. The molecule has 0 fully saturated rings. The molecule has 26 heavy (non-hydrogen) atoms. The summed E-state index contributed by atoms with van der Waals surface area (Å²) in [4.78, 5) is 4.62. The smallest absolute Gasteiger partial charge is 0.129 e. The molecule has 0 aliphatic carbocycles. The van der Waals surface area contributed by atoms with E-state index in [-0.39, 0.29) is 0 Å². The van der Waals surface area contributed by atoms with E-state index in [2.05, 4.69) is 52.1 Å². The fourth-order valence-electron chi connectivity index (χ4n) is 2.25. The molecule has 0 aromatic heterocycles. The summed E-state index contributed by atoms with van der Waals surface area (Å²) in [5.41, 5.74) is 2.06. The lowest BCUT2D eigenvalue weighted by molar-refractivity contribution is 0.146. The lowest BCUT2D eigenvalue weighted by Gasteiger charge is -2.13. The van der Waals surface area contributed by atoms with Crippen molar-refractivity contribution in [1.29, 1.82) is 0 Å². The van der Waals surface area contributed by atoms with Gasteiger partial charge in [-0.2, -0.15) is 0 Å². The SMILES string of the molecule is CC.CC.CCCN=C(C)c1cc2cc(Br)ccc2cc1OCCOC. The van der Waals surface area contributed by atoms with Crippen molar-refractivity contribution >= 4 is 32.4 Å². The predicted molar refractivity (Wildman–Crippen MR) is 119 cm³/mol. The average Bonchev–Trinajstić information content (AvgIpc) is 2.69. The first-order valence-electron chi connectivity index (χ1n) is 9.52. The van der Waals surface area contributed by atoms with Crippen LogP contribution in [0.4, 0.5) is 0 Å². The summed E-state index contributed by atoms with van der Waals surface area (Å²) in [5.74, 6) is 0.865. The van der Waals surface area contributed by atoms with E-state index >= 15 is 0 Å².